The standard InChI is InChI=1S/C14H11N3O2/c18-13-12(10-6-8-15-9-7-10)17(14(19)16-13)11-4-2-1-3-5-11/h1-9,12H,(H,16,18,19). The average Bonchev–Trinajstić information content (AvgIpc) is 2.75. The summed E-state index contributed by atoms with van der Waals surface area (Å²) >= 11 is 0. The maximum absolute atomic E-state index is 12.0. The highest BCUT2D eigenvalue weighted by atomic mass is 16.2. The lowest BCUT2D eigenvalue weighted by molar-refractivity contribution is -0.119. The Morgan fingerprint density at radius 2 is 1.68 bits per heavy atom. The molecule has 1 aromatic carbocycles. The van der Waals surface area contributed by atoms with Crippen LogP contribution in [-0.2, 0) is 4.79 Å². The van der Waals surface area contributed by atoms with Gasteiger partial charge in [0.05, 0.1) is 0 Å². The van der Waals surface area contributed by atoms with Gasteiger partial charge in [0.1, 0.15) is 6.04 Å². The van der Waals surface area contributed by atoms with E-state index >= 15 is 0 Å². The Kier molecular flexibility index (Phi) is 2.72. The van der Waals surface area contributed by atoms with E-state index in [0.29, 0.717) is 5.69 Å². The number of hydrogen-bond donors (Lipinski definition) is 1. The fourth-order valence-corrected chi connectivity index (χ4v) is 2.17. The molecule has 1 aromatic heterocycles. The maximum Gasteiger partial charge on any atom is 0.329 e. The first-order chi connectivity index (χ1) is 9.27. The zero-order valence-corrected chi connectivity index (χ0v) is 9.98. The molecule has 3 amide bonds. The molecule has 5 heteroatoms. The lowest BCUT2D eigenvalue weighted by Crippen LogP contribution is -2.29. The molecule has 0 radical (unpaired) electrons. The van der Waals surface area contributed by atoms with Crippen molar-refractivity contribution in [2.45, 2.75) is 6.04 Å². The van der Waals surface area contributed by atoms with Crippen molar-refractivity contribution in [1.29, 1.82) is 0 Å². The number of nitrogens with one attached hydrogen (secondary N) is 1. The third kappa shape index (κ3) is 1.95. The van der Waals surface area contributed by atoms with Gasteiger partial charge in [-0.25, -0.2) is 4.79 Å². The Bertz CT molecular complexity index is 558. The van der Waals surface area contributed by atoms with E-state index in [1.165, 1.54) is 4.90 Å². The van der Waals surface area contributed by atoms with Crippen LogP contribution in [0.1, 0.15) is 11.6 Å². The van der Waals surface area contributed by atoms with Gasteiger partial charge in [-0.05, 0) is 29.8 Å². The number of nitrogens with zero attached hydrogens (tertiary/aromatic N) is 2. The molecule has 0 saturated carbocycles. The smallest absolute Gasteiger partial charge is 0.277 e. The van der Waals surface area contributed by atoms with Crippen LogP contribution in [0, 0.1) is 0 Å². The molecule has 94 valence electrons. The van der Waals surface area contributed by atoms with E-state index in [2.05, 4.69) is 10.3 Å². The van der Waals surface area contributed by atoms with Crippen molar-refractivity contribution < 1.29 is 9.59 Å². The molecule has 1 aliphatic heterocycles. The first kappa shape index (κ1) is 11.4. The summed E-state index contributed by atoms with van der Waals surface area (Å²) in [5, 5.41) is 2.34. The summed E-state index contributed by atoms with van der Waals surface area (Å²) in [5.41, 5.74) is 1.43. The summed E-state index contributed by atoms with van der Waals surface area (Å²) in [6.07, 6.45) is 3.21. The van der Waals surface area contributed by atoms with E-state index in [9.17, 15) is 9.59 Å². The van der Waals surface area contributed by atoms with Gasteiger partial charge in [0.25, 0.3) is 5.91 Å². The summed E-state index contributed by atoms with van der Waals surface area (Å²) in [6.45, 7) is 0. The number of imide groups is 1. The van der Waals surface area contributed by atoms with Crippen LogP contribution < -0.4 is 10.2 Å². The zero-order chi connectivity index (χ0) is 13.2. The fourth-order valence-electron chi connectivity index (χ4n) is 2.17. The van der Waals surface area contributed by atoms with Gasteiger partial charge in [-0.15, -0.1) is 0 Å². The third-order valence-electron chi connectivity index (χ3n) is 3.01. The molecular formula is C14H11N3O2. The van der Waals surface area contributed by atoms with Crippen molar-refractivity contribution in [3.63, 3.8) is 0 Å². The van der Waals surface area contributed by atoms with Crippen LogP contribution in [0.25, 0.3) is 0 Å². The molecule has 0 spiro atoms. The normalized spacial score (nSPS) is 18.5. The lowest BCUT2D eigenvalue weighted by Gasteiger charge is -2.21. The Labute approximate surface area is 109 Å². The third-order valence-corrected chi connectivity index (χ3v) is 3.01. The molecule has 3 rings (SSSR count). The number of anilines is 1. The maximum atomic E-state index is 12.0. The van der Waals surface area contributed by atoms with Gasteiger partial charge in [-0.2, -0.15) is 0 Å². The monoisotopic (exact) mass is 253 g/mol. The molecule has 1 saturated heterocycles. The van der Waals surface area contributed by atoms with E-state index in [-0.39, 0.29) is 5.91 Å². The molecule has 1 aliphatic rings. The van der Waals surface area contributed by atoms with Crippen molar-refractivity contribution in [3.8, 4) is 0 Å². The molecule has 2 aromatic rings. The Balaban J connectivity index is 2.06. The number of urea groups is 1. The molecule has 0 bridgehead atoms. The van der Waals surface area contributed by atoms with Crippen LogP contribution in [0.15, 0.2) is 54.9 Å². The first-order valence-corrected chi connectivity index (χ1v) is 5.86. The average molecular weight is 253 g/mol. The summed E-state index contributed by atoms with van der Waals surface area (Å²) in [6, 6.07) is 11.5. The van der Waals surface area contributed by atoms with Crippen LogP contribution in [0.2, 0.25) is 0 Å². The Hall–Kier alpha value is -2.69. The zero-order valence-electron chi connectivity index (χ0n) is 9.98. The number of carbonyl (C=O) groups is 2. The molecule has 5 nitrogen and oxygen atoms in total. The van der Waals surface area contributed by atoms with Crippen molar-refractivity contribution in [1.82, 2.24) is 10.3 Å². The predicted molar refractivity (Wildman–Crippen MR) is 69.4 cm³/mol. The molecule has 1 atom stereocenters. The minimum absolute atomic E-state index is 0.319. The number of hydrogen-bond acceptors (Lipinski definition) is 3. The molecule has 19 heavy (non-hydrogen) atoms. The van der Waals surface area contributed by atoms with Crippen LogP contribution in [0.4, 0.5) is 10.5 Å². The Morgan fingerprint density at radius 3 is 2.37 bits per heavy atom. The van der Waals surface area contributed by atoms with E-state index in [0.717, 1.165) is 5.56 Å². The van der Waals surface area contributed by atoms with Gasteiger partial charge >= 0.3 is 6.03 Å². The highest BCUT2D eigenvalue weighted by Crippen LogP contribution is 2.30. The largest absolute Gasteiger partial charge is 0.329 e. The van der Waals surface area contributed by atoms with Crippen molar-refractivity contribution in [3.05, 3.63) is 60.4 Å². The highest BCUT2D eigenvalue weighted by molar-refractivity contribution is 6.14. The van der Waals surface area contributed by atoms with Gasteiger partial charge in [0.15, 0.2) is 0 Å². The van der Waals surface area contributed by atoms with E-state index in [1.807, 2.05) is 18.2 Å². The summed E-state index contributed by atoms with van der Waals surface area (Å²) in [5.74, 6) is -0.319. The number of aromatic nitrogens is 1. The second-order valence-electron chi connectivity index (χ2n) is 4.18. The molecular weight excluding hydrogens is 242 g/mol. The fraction of sp³-hybridized carbons (Fsp3) is 0.0714. The van der Waals surface area contributed by atoms with Crippen LogP contribution in [0.3, 0.4) is 0 Å². The number of rotatable bonds is 2. The minimum Gasteiger partial charge on any atom is -0.277 e. The second kappa shape index (κ2) is 4.53. The molecule has 2 heterocycles. The van der Waals surface area contributed by atoms with Crippen molar-refractivity contribution >= 4 is 17.6 Å². The summed E-state index contributed by atoms with van der Waals surface area (Å²) in [7, 11) is 0. The second-order valence-corrected chi connectivity index (χ2v) is 4.18. The quantitative estimate of drug-likeness (QED) is 0.831. The number of benzene rings is 1. The molecule has 1 unspecified atom stereocenters. The molecule has 0 aliphatic carbocycles. The SMILES string of the molecule is O=C1NC(=O)N(c2ccccc2)C1c1ccncc1. The minimum atomic E-state index is -0.641. The lowest BCUT2D eigenvalue weighted by atomic mass is 10.1. The van der Waals surface area contributed by atoms with Gasteiger partial charge in [0.2, 0.25) is 0 Å². The first-order valence-electron chi connectivity index (χ1n) is 5.86. The molecule has 1 fully saturated rings. The topological polar surface area (TPSA) is 62.3 Å². The number of para-hydroxylation sites is 1. The van der Waals surface area contributed by atoms with Gasteiger partial charge in [-0.1, -0.05) is 18.2 Å². The van der Waals surface area contributed by atoms with E-state index in [4.69, 9.17) is 0 Å². The number of pyridine rings is 1. The van der Waals surface area contributed by atoms with Crippen LogP contribution >= 0.6 is 0 Å². The number of carbonyl (C=O) groups excluding carboxylic acids is 2. The van der Waals surface area contributed by atoms with Crippen LogP contribution in [0.5, 0.6) is 0 Å². The Morgan fingerprint density at radius 1 is 1.00 bits per heavy atom. The summed E-state index contributed by atoms with van der Waals surface area (Å²) in [4.78, 5) is 29.3. The van der Waals surface area contributed by atoms with E-state index < -0.39 is 12.1 Å². The van der Waals surface area contributed by atoms with E-state index in [1.54, 1.807) is 36.7 Å². The summed E-state index contributed by atoms with van der Waals surface area (Å²) < 4.78 is 0. The predicted octanol–water partition coefficient (Wildman–Crippen LogP) is 1.88. The van der Waals surface area contributed by atoms with Gasteiger partial charge in [0, 0.05) is 18.1 Å². The molecule has 1 N–H and O–H groups in total. The van der Waals surface area contributed by atoms with Crippen LogP contribution in [-0.4, -0.2) is 16.9 Å². The van der Waals surface area contributed by atoms with Crippen molar-refractivity contribution in [2.24, 2.45) is 0 Å². The highest BCUT2D eigenvalue weighted by Gasteiger charge is 2.40. The van der Waals surface area contributed by atoms with Gasteiger partial charge < -0.3 is 0 Å². The number of amides is 3. The van der Waals surface area contributed by atoms with Gasteiger partial charge in [-0.3, -0.25) is 20.0 Å². The van der Waals surface area contributed by atoms with Crippen molar-refractivity contribution in [2.75, 3.05) is 4.90 Å².